The first-order chi connectivity index (χ1) is 13.8. The Morgan fingerprint density at radius 1 is 1.10 bits per heavy atom. The first-order valence-electron chi connectivity index (χ1n) is 8.93. The second-order valence-electron chi connectivity index (χ2n) is 6.69. The van der Waals surface area contributed by atoms with E-state index in [9.17, 15) is 18.0 Å². The Morgan fingerprint density at radius 3 is 2.55 bits per heavy atom. The first-order valence-corrected chi connectivity index (χ1v) is 9.31. The molecular weight excluding hydrogens is 407 g/mol. The number of alkyl halides is 3. The maximum atomic E-state index is 13.0. The van der Waals surface area contributed by atoms with E-state index in [4.69, 9.17) is 11.6 Å². The molecule has 0 unspecified atom stereocenters. The van der Waals surface area contributed by atoms with E-state index in [-0.39, 0.29) is 11.1 Å². The third kappa shape index (κ3) is 3.95. The molecule has 0 aliphatic carbocycles. The molecule has 1 fully saturated rings. The number of hydrogen-bond donors (Lipinski definition) is 2. The summed E-state index contributed by atoms with van der Waals surface area (Å²) >= 11 is 6.12. The van der Waals surface area contributed by atoms with E-state index in [1.54, 1.807) is 9.80 Å². The SMILES string of the molecule is O=C(Nc1n[nH]c2ccccc12)N1CCN(c2cc(C(F)(F)F)ccc2Cl)CC1. The van der Waals surface area contributed by atoms with Gasteiger partial charge in [-0.3, -0.25) is 10.4 Å². The van der Waals surface area contributed by atoms with Crippen molar-refractivity contribution in [2.24, 2.45) is 0 Å². The summed E-state index contributed by atoms with van der Waals surface area (Å²) in [6.45, 7) is 1.44. The fourth-order valence-electron chi connectivity index (χ4n) is 3.32. The summed E-state index contributed by atoms with van der Waals surface area (Å²) in [6, 6.07) is 10.4. The fourth-order valence-corrected chi connectivity index (χ4v) is 3.56. The summed E-state index contributed by atoms with van der Waals surface area (Å²) in [5.74, 6) is 0.439. The van der Waals surface area contributed by atoms with Gasteiger partial charge in [0.25, 0.3) is 0 Å². The lowest BCUT2D eigenvalue weighted by Gasteiger charge is -2.36. The van der Waals surface area contributed by atoms with Crippen LogP contribution in [0.1, 0.15) is 5.56 Å². The average Bonchev–Trinajstić information content (AvgIpc) is 3.10. The van der Waals surface area contributed by atoms with Crippen molar-refractivity contribution in [3.63, 3.8) is 0 Å². The molecule has 0 spiro atoms. The third-order valence-electron chi connectivity index (χ3n) is 4.88. The topological polar surface area (TPSA) is 64.3 Å². The molecule has 2 amide bonds. The molecule has 2 heterocycles. The van der Waals surface area contributed by atoms with Gasteiger partial charge in [-0.2, -0.15) is 18.3 Å². The number of H-pyrrole nitrogens is 1. The van der Waals surface area contributed by atoms with Gasteiger partial charge in [0.2, 0.25) is 0 Å². The van der Waals surface area contributed by atoms with Gasteiger partial charge in [-0.1, -0.05) is 23.7 Å². The molecule has 29 heavy (non-hydrogen) atoms. The largest absolute Gasteiger partial charge is 0.416 e. The molecule has 1 aromatic heterocycles. The van der Waals surface area contributed by atoms with E-state index < -0.39 is 11.7 Å². The van der Waals surface area contributed by atoms with E-state index in [0.717, 1.165) is 23.0 Å². The summed E-state index contributed by atoms with van der Waals surface area (Å²) in [7, 11) is 0. The van der Waals surface area contributed by atoms with Crippen molar-refractivity contribution in [2.45, 2.75) is 6.18 Å². The lowest BCUT2D eigenvalue weighted by atomic mass is 10.1. The molecule has 10 heteroatoms. The van der Waals surface area contributed by atoms with Crippen LogP contribution in [0, 0.1) is 0 Å². The molecule has 152 valence electrons. The standard InChI is InChI=1S/C19H17ClF3N5O/c20-14-6-5-12(19(21,22)23)11-16(14)27-7-9-28(10-8-27)18(29)24-17-13-3-1-2-4-15(13)25-26-17/h1-6,11H,7-10H2,(H2,24,25,26,29). The van der Waals surface area contributed by atoms with Gasteiger partial charge in [0.05, 0.1) is 21.8 Å². The minimum atomic E-state index is -4.44. The Bertz CT molecular complexity index is 1040. The Morgan fingerprint density at radius 2 is 1.83 bits per heavy atom. The van der Waals surface area contributed by atoms with Crippen LogP contribution in [0.5, 0.6) is 0 Å². The van der Waals surface area contributed by atoms with Gasteiger partial charge in [0.15, 0.2) is 5.82 Å². The number of aromatic amines is 1. The molecule has 4 rings (SSSR count). The van der Waals surface area contributed by atoms with Gasteiger partial charge in [0, 0.05) is 31.6 Å². The molecule has 0 bridgehead atoms. The van der Waals surface area contributed by atoms with E-state index in [0.29, 0.717) is 37.7 Å². The molecule has 3 aromatic rings. The Kier molecular flexibility index (Phi) is 4.99. The summed E-state index contributed by atoms with van der Waals surface area (Å²) in [4.78, 5) is 15.9. The highest BCUT2D eigenvalue weighted by atomic mass is 35.5. The Hall–Kier alpha value is -2.94. The van der Waals surface area contributed by atoms with Crippen molar-refractivity contribution in [1.29, 1.82) is 0 Å². The summed E-state index contributed by atoms with van der Waals surface area (Å²) in [5.41, 5.74) is 0.383. The monoisotopic (exact) mass is 423 g/mol. The number of para-hydroxylation sites is 1. The number of carbonyl (C=O) groups is 1. The number of aromatic nitrogens is 2. The van der Waals surface area contributed by atoms with Crippen LogP contribution in [0.15, 0.2) is 42.5 Å². The van der Waals surface area contributed by atoms with E-state index in [2.05, 4.69) is 15.5 Å². The highest BCUT2D eigenvalue weighted by Gasteiger charge is 2.32. The van der Waals surface area contributed by atoms with Crippen LogP contribution >= 0.6 is 11.6 Å². The Labute approximate surface area is 169 Å². The normalized spacial score (nSPS) is 15.0. The molecule has 0 saturated carbocycles. The zero-order chi connectivity index (χ0) is 20.6. The number of carbonyl (C=O) groups excluding carboxylic acids is 1. The van der Waals surface area contributed by atoms with Crippen molar-refractivity contribution >= 4 is 40.0 Å². The smallest absolute Gasteiger partial charge is 0.367 e. The average molecular weight is 424 g/mol. The van der Waals surface area contributed by atoms with Crippen LogP contribution in [-0.4, -0.2) is 47.3 Å². The fraction of sp³-hybridized carbons (Fsp3) is 0.263. The third-order valence-corrected chi connectivity index (χ3v) is 5.20. The number of amides is 2. The number of rotatable bonds is 2. The number of urea groups is 1. The quantitative estimate of drug-likeness (QED) is 0.633. The van der Waals surface area contributed by atoms with Crippen molar-refractivity contribution < 1.29 is 18.0 Å². The summed E-state index contributed by atoms with van der Waals surface area (Å²) in [5, 5.41) is 10.8. The van der Waals surface area contributed by atoms with Gasteiger partial charge in [-0.15, -0.1) is 0 Å². The number of nitrogens with one attached hydrogen (secondary N) is 2. The van der Waals surface area contributed by atoms with Gasteiger partial charge >= 0.3 is 12.2 Å². The van der Waals surface area contributed by atoms with Gasteiger partial charge in [0.1, 0.15) is 0 Å². The van der Waals surface area contributed by atoms with Crippen LogP contribution < -0.4 is 10.2 Å². The van der Waals surface area contributed by atoms with Crippen LogP contribution in [0.4, 0.5) is 29.5 Å². The second-order valence-corrected chi connectivity index (χ2v) is 7.09. The first kappa shape index (κ1) is 19.4. The number of hydrogen-bond acceptors (Lipinski definition) is 3. The molecule has 2 N–H and O–H groups in total. The molecule has 6 nitrogen and oxygen atoms in total. The van der Waals surface area contributed by atoms with Gasteiger partial charge < -0.3 is 9.80 Å². The number of fused-ring (bicyclic) bond motifs is 1. The minimum Gasteiger partial charge on any atom is -0.367 e. The zero-order valence-electron chi connectivity index (χ0n) is 15.1. The molecule has 1 aliphatic rings. The summed E-state index contributed by atoms with van der Waals surface area (Å²) < 4.78 is 39.0. The van der Waals surface area contributed by atoms with Crippen molar-refractivity contribution in [3.8, 4) is 0 Å². The number of halogens is 4. The van der Waals surface area contributed by atoms with E-state index in [1.165, 1.54) is 6.07 Å². The van der Waals surface area contributed by atoms with Crippen LogP contribution in [-0.2, 0) is 6.18 Å². The number of nitrogens with zero attached hydrogens (tertiary/aromatic N) is 3. The predicted octanol–water partition coefficient (Wildman–Crippen LogP) is 4.59. The lowest BCUT2D eigenvalue weighted by molar-refractivity contribution is -0.137. The lowest BCUT2D eigenvalue weighted by Crippen LogP contribution is -2.50. The van der Waals surface area contributed by atoms with Gasteiger partial charge in [-0.25, -0.2) is 4.79 Å². The molecule has 0 radical (unpaired) electrons. The predicted molar refractivity (Wildman–Crippen MR) is 105 cm³/mol. The molecule has 0 atom stereocenters. The highest BCUT2D eigenvalue weighted by molar-refractivity contribution is 6.33. The molecule has 1 aliphatic heterocycles. The Balaban J connectivity index is 1.42. The molecular formula is C19H17ClF3N5O. The number of anilines is 2. The van der Waals surface area contributed by atoms with Crippen molar-refractivity contribution in [3.05, 3.63) is 53.1 Å². The summed E-state index contributed by atoms with van der Waals surface area (Å²) in [6.07, 6.45) is -4.44. The van der Waals surface area contributed by atoms with Crippen LogP contribution in [0.2, 0.25) is 5.02 Å². The number of benzene rings is 2. The van der Waals surface area contributed by atoms with Crippen molar-refractivity contribution in [1.82, 2.24) is 15.1 Å². The highest BCUT2D eigenvalue weighted by Crippen LogP contribution is 2.35. The zero-order valence-corrected chi connectivity index (χ0v) is 15.9. The minimum absolute atomic E-state index is 0.249. The number of piperazine rings is 1. The van der Waals surface area contributed by atoms with Crippen LogP contribution in [0.25, 0.3) is 10.9 Å². The van der Waals surface area contributed by atoms with E-state index in [1.807, 2.05) is 24.3 Å². The van der Waals surface area contributed by atoms with Crippen molar-refractivity contribution in [2.75, 3.05) is 36.4 Å². The van der Waals surface area contributed by atoms with Gasteiger partial charge in [-0.05, 0) is 30.3 Å². The van der Waals surface area contributed by atoms with Crippen LogP contribution in [0.3, 0.4) is 0 Å². The molecule has 1 saturated heterocycles. The second kappa shape index (κ2) is 7.47. The van der Waals surface area contributed by atoms with E-state index >= 15 is 0 Å². The maximum absolute atomic E-state index is 13.0. The maximum Gasteiger partial charge on any atom is 0.416 e. The molecule has 2 aromatic carbocycles.